The highest BCUT2D eigenvalue weighted by Gasteiger charge is 2.19. The van der Waals surface area contributed by atoms with Crippen molar-refractivity contribution in [3.05, 3.63) is 28.6 Å². The van der Waals surface area contributed by atoms with Gasteiger partial charge < -0.3 is 19.7 Å². The number of rotatable bonds is 7. The molecule has 1 aromatic carbocycles. The molecule has 0 atom stereocenters. The van der Waals surface area contributed by atoms with Crippen LogP contribution in [0.3, 0.4) is 0 Å². The Morgan fingerprint density at radius 1 is 1.12 bits per heavy atom. The number of ether oxygens (including phenoxy) is 2. The number of thioether (sulfide) groups is 1. The number of methoxy groups -OCH3 is 2. The van der Waals surface area contributed by atoms with E-state index >= 15 is 0 Å². The molecular weight excluding hydrogens is 450 g/mol. The number of carbonyl (C=O) groups is 1. The van der Waals surface area contributed by atoms with E-state index in [1.165, 1.54) is 34.1 Å². The molecule has 1 aliphatic heterocycles. The molecule has 0 saturated carbocycles. The van der Waals surface area contributed by atoms with Crippen LogP contribution >= 0.6 is 23.1 Å². The third-order valence-electron chi connectivity index (χ3n) is 5.18. The first-order valence-corrected chi connectivity index (χ1v) is 12.1. The molecule has 3 aromatic rings. The molecule has 32 heavy (non-hydrogen) atoms. The summed E-state index contributed by atoms with van der Waals surface area (Å²) in [6.07, 6.45) is 3.50. The van der Waals surface area contributed by atoms with E-state index in [-0.39, 0.29) is 17.2 Å². The second-order valence-corrected chi connectivity index (χ2v) is 9.31. The largest absolute Gasteiger partial charge is 0.497 e. The summed E-state index contributed by atoms with van der Waals surface area (Å²) in [7, 11) is 4.77. The number of hydrogen-bond donors (Lipinski definition) is 1. The number of nitrogens with one attached hydrogen (secondary N) is 1. The van der Waals surface area contributed by atoms with Gasteiger partial charge in [0.15, 0.2) is 15.9 Å². The van der Waals surface area contributed by atoms with Gasteiger partial charge in [-0.1, -0.05) is 23.1 Å². The predicted molar refractivity (Wildman–Crippen MR) is 128 cm³/mol. The van der Waals surface area contributed by atoms with Gasteiger partial charge >= 0.3 is 0 Å². The van der Waals surface area contributed by atoms with E-state index in [0.717, 1.165) is 31.1 Å². The number of fused-ring (bicyclic) bond motifs is 1. The van der Waals surface area contributed by atoms with Crippen LogP contribution < -0.4 is 25.2 Å². The van der Waals surface area contributed by atoms with E-state index in [0.29, 0.717) is 32.7 Å². The number of thiazole rings is 1. The molecule has 1 N–H and O–H groups in total. The average molecular weight is 476 g/mol. The average Bonchev–Trinajstić information content (AvgIpc) is 3.25. The maximum Gasteiger partial charge on any atom is 0.273 e. The summed E-state index contributed by atoms with van der Waals surface area (Å²) < 4.78 is 12.5. The number of aromatic nitrogens is 3. The van der Waals surface area contributed by atoms with E-state index in [9.17, 15) is 9.59 Å². The van der Waals surface area contributed by atoms with Crippen LogP contribution in [0.5, 0.6) is 11.5 Å². The predicted octanol–water partition coefficient (Wildman–Crippen LogP) is 3.13. The van der Waals surface area contributed by atoms with Crippen LogP contribution in [-0.2, 0) is 11.8 Å². The second kappa shape index (κ2) is 9.78. The molecular formula is C21H25N5O4S2. The molecule has 170 valence electrons. The lowest BCUT2D eigenvalue weighted by atomic mass is 10.1. The van der Waals surface area contributed by atoms with Crippen molar-refractivity contribution in [3.63, 3.8) is 0 Å². The van der Waals surface area contributed by atoms with Gasteiger partial charge in [-0.05, 0) is 19.3 Å². The van der Waals surface area contributed by atoms with Gasteiger partial charge in [0.05, 0.1) is 20.0 Å². The molecule has 11 heteroatoms. The number of hydrogen-bond acceptors (Lipinski definition) is 9. The molecule has 9 nitrogen and oxygen atoms in total. The lowest BCUT2D eigenvalue weighted by Crippen LogP contribution is -2.29. The van der Waals surface area contributed by atoms with Crippen LogP contribution in [0.15, 0.2) is 28.2 Å². The zero-order valence-corrected chi connectivity index (χ0v) is 19.8. The molecule has 1 fully saturated rings. The van der Waals surface area contributed by atoms with Crippen LogP contribution in [0.25, 0.3) is 10.3 Å². The highest BCUT2D eigenvalue weighted by Crippen LogP contribution is 2.29. The van der Waals surface area contributed by atoms with Crippen molar-refractivity contribution in [2.75, 3.05) is 43.3 Å². The molecule has 0 aliphatic carbocycles. The Labute approximate surface area is 193 Å². The third kappa shape index (κ3) is 4.83. The summed E-state index contributed by atoms with van der Waals surface area (Å²) in [5.41, 5.74) is 0.866. The first-order chi connectivity index (χ1) is 15.5. The van der Waals surface area contributed by atoms with Crippen molar-refractivity contribution in [1.82, 2.24) is 14.5 Å². The van der Waals surface area contributed by atoms with E-state index in [1.807, 2.05) is 0 Å². The quantitative estimate of drug-likeness (QED) is 0.411. The third-order valence-corrected chi connectivity index (χ3v) is 7.30. The topological polar surface area (TPSA) is 98.6 Å². The maximum atomic E-state index is 12.9. The second-order valence-electron chi connectivity index (χ2n) is 7.39. The molecule has 1 amide bonds. The number of amides is 1. The molecule has 3 heterocycles. The highest BCUT2D eigenvalue weighted by atomic mass is 32.2. The molecule has 0 spiro atoms. The fourth-order valence-corrected chi connectivity index (χ4v) is 5.27. The van der Waals surface area contributed by atoms with Crippen molar-refractivity contribution < 1.29 is 14.3 Å². The van der Waals surface area contributed by atoms with Crippen molar-refractivity contribution in [3.8, 4) is 11.5 Å². The fourth-order valence-electron chi connectivity index (χ4n) is 3.48. The zero-order chi connectivity index (χ0) is 22.7. The molecule has 2 aromatic heterocycles. The van der Waals surface area contributed by atoms with Gasteiger partial charge in [0, 0.05) is 44.0 Å². The zero-order valence-electron chi connectivity index (χ0n) is 18.2. The minimum absolute atomic E-state index is 0.0917. The molecule has 0 unspecified atom stereocenters. The lowest BCUT2D eigenvalue weighted by molar-refractivity contribution is -0.113. The van der Waals surface area contributed by atoms with Crippen LogP contribution in [0.4, 0.5) is 10.8 Å². The Morgan fingerprint density at radius 2 is 1.81 bits per heavy atom. The Balaban J connectivity index is 1.48. The van der Waals surface area contributed by atoms with Gasteiger partial charge in [-0.15, -0.1) is 0 Å². The van der Waals surface area contributed by atoms with Gasteiger partial charge in [-0.3, -0.25) is 14.2 Å². The van der Waals surface area contributed by atoms with Crippen molar-refractivity contribution in [2.45, 2.75) is 24.4 Å². The molecule has 1 saturated heterocycles. The summed E-state index contributed by atoms with van der Waals surface area (Å²) in [6.45, 7) is 1.91. The molecule has 4 rings (SSSR count). The van der Waals surface area contributed by atoms with Crippen molar-refractivity contribution in [2.24, 2.45) is 7.05 Å². The summed E-state index contributed by atoms with van der Waals surface area (Å²) >= 11 is 2.59. The summed E-state index contributed by atoms with van der Waals surface area (Å²) in [5.74, 6) is 1.02. The van der Waals surface area contributed by atoms with E-state index < -0.39 is 0 Å². The van der Waals surface area contributed by atoms with E-state index in [2.05, 4.69) is 20.2 Å². The molecule has 0 bridgehead atoms. The van der Waals surface area contributed by atoms with Crippen molar-refractivity contribution in [1.29, 1.82) is 0 Å². The number of carbonyl (C=O) groups excluding carboxylic acids is 1. The standard InChI is InChI=1S/C21H25N5O4S2/c1-25-19(28)17-18(24-21(32-17)26-7-5-4-6-8-26)23-20(25)31-12-16(27)22-13-9-14(29-2)11-15(10-13)30-3/h9-11H,4-8,12H2,1-3H3,(H,22,27). The monoisotopic (exact) mass is 475 g/mol. The first-order valence-electron chi connectivity index (χ1n) is 10.3. The van der Waals surface area contributed by atoms with E-state index in [4.69, 9.17) is 9.47 Å². The molecule has 1 aliphatic rings. The van der Waals surface area contributed by atoms with Crippen LogP contribution in [0.1, 0.15) is 19.3 Å². The van der Waals surface area contributed by atoms with Gasteiger partial charge in [0.25, 0.3) is 5.56 Å². The normalized spacial score (nSPS) is 13.9. The number of benzene rings is 1. The summed E-state index contributed by atoms with van der Waals surface area (Å²) in [4.78, 5) is 36.8. The van der Waals surface area contributed by atoms with Crippen LogP contribution in [0, 0.1) is 0 Å². The smallest absolute Gasteiger partial charge is 0.273 e. The molecule has 0 radical (unpaired) electrons. The number of nitrogens with zero attached hydrogens (tertiary/aromatic N) is 4. The van der Waals surface area contributed by atoms with Gasteiger partial charge in [0.2, 0.25) is 5.91 Å². The lowest BCUT2D eigenvalue weighted by Gasteiger charge is -2.25. The van der Waals surface area contributed by atoms with Crippen molar-refractivity contribution >= 4 is 50.2 Å². The minimum Gasteiger partial charge on any atom is -0.497 e. The Hall–Kier alpha value is -2.79. The summed E-state index contributed by atoms with van der Waals surface area (Å²) in [5, 5.41) is 4.12. The van der Waals surface area contributed by atoms with Crippen LogP contribution in [0.2, 0.25) is 0 Å². The van der Waals surface area contributed by atoms with Gasteiger partial charge in [0.1, 0.15) is 16.2 Å². The van der Waals surface area contributed by atoms with E-state index in [1.54, 1.807) is 39.5 Å². The highest BCUT2D eigenvalue weighted by molar-refractivity contribution is 7.99. The SMILES string of the molecule is COc1cc(NC(=O)CSc2nc3nc(N4CCCCC4)sc3c(=O)n2C)cc(OC)c1. The Morgan fingerprint density at radius 3 is 2.47 bits per heavy atom. The fraction of sp³-hybridized carbons (Fsp3) is 0.429. The van der Waals surface area contributed by atoms with Crippen LogP contribution in [-0.4, -0.2) is 53.5 Å². The minimum atomic E-state index is -0.230. The summed E-state index contributed by atoms with van der Waals surface area (Å²) in [6, 6.07) is 5.15. The van der Waals surface area contributed by atoms with Gasteiger partial charge in [-0.25, -0.2) is 4.98 Å². The number of anilines is 2. The Kier molecular flexibility index (Phi) is 6.85. The number of piperidine rings is 1. The Bertz CT molecular complexity index is 1160. The maximum absolute atomic E-state index is 12.9. The van der Waals surface area contributed by atoms with Gasteiger partial charge in [-0.2, -0.15) is 4.98 Å². The first kappa shape index (κ1) is 22.4.